The molecule has 0 heterocycles. The molecule has 0 radical (unpaired) electrons. The fourth-order valence-corrected chi connectivity index (χ4v) is 2.88. The Labute approximate surface area is 162 Å². The molecule has 28 heavy (non-hydrogen) atoms. The van der Waals surface area contributed by atoms with Gasteiger partial charge in [0.25, 0.3) is 5.69 Å². The number of aryl methyl sites for hydroxylation is 1. The van der Waals surface area contributed by atoms with Crippen molar-refractivity contribution in [3.8, 4) is 0 Å². The fraction of sp³-hybridized carbons (Fsp3) is 0.300. The van der Waals surface area contributed by atoms with E-state index < -0.39 is 16.7 Å². The minimum Gasteiger partial charge on any atom is -0.396 e. The summed E-state index contributed by atoms with van der Waals surface area (Å²) in [5.41, 5.74) is 1.42. The highest BCUT2D eigenvalue weighted by molar-refractivity contribution is 6.39. The van der Waals surface area contributed by atoms with Gasteiger partial charge in [-0.15, -0.1) is 0 Å². The number of nitro groups is 1. The summed E-state index contributed by atoms with van der Waals surface area (Å²) in [7, 11) is 0. The number of carbonyl (C=O) groups is 2. The highest BCUT2D eigenvalue weighted by atomic mass is 16.6. The van der Waals surface area contributed by atoms with E-state index in [9.17, 15) is 24.8 Å². The highest BCUT2D eigenvalue weighted by Crippen LogP contribution is 2.25. The molecule has 148 valence electrons. The van der Waals surface area contributed by atoms with Crippen molar-refractivity contribution >= 4 is 23.2 Å². The molecule has 3 N–H and O–H groups in total. The van der Waals surface area contributed by atoms with Crippen molar-refractivity contribution in [2.24, 2.45) is 0 Å². The second-order valence-corrected chi connectivity index (χ2v) is 6.40. The maximum Gasteiger partial charge on any atom is 0.313 e. The number of nitro benzene ring substituents is 1. The van der Waals surface area contributed by atoms with Gasteiger partial charge in [0.15, 0.2) is 0 Å². The molecule has 2 aromatic carbocycles. The Morgan fingerprint density at radius 1 is 1.11 bits per heavy atom. The van der Waals surface area contributed by atoms with Crippen LogP contribution in [0.25, 0.3) is 0 Å². The molecular formula is C20H23N3O5. The van der Waals surface area contributed by atoms with E-state index in [4.69, 9.17) is 0 Å². The number of anilines is 1. The maximum absolute atomic E-state index is 12.1. The van der Waals surface area contributed by atoms with Gasteiger partial charge in [-0.05, 0) is 42.9 Å². The first kappa shape index (κ1) is 21.0. The van der Waals surface area contributed by atoms with Gasteiger partial charge < -0.3 is 15.7 Å². The Balaban J connectivity index is 1.92. The molecule has 8 nitrogen and oxygen atoms in total. The predicted molar refractivity (Wildman–Crippen MR) is 105 cm³/mol. The fourth-order valence-electron chi connectivity index (χ4n) is 2.88. The van der Waals surface area contributed by atoms with E-state index in [-0.39, 0.29) is 30.4 Å². The van der Waals surface area contributed by atoms with Crippen LogP contribution in [0.3, 0.4) is 0 Å². The highest BCUT2D eigenvalue weighted by Gasteiger charge is 2.20. The quantitative estimate of drug-likeness (QED) is 0.366. The summed E-state index contributed by atoms with van der Waals surface area (Å²) in [6.07, 6.45) is 1.09. The van der Waals surface area contributed by atoms with Crippen molar-refractivity contribution in [3.05, 3.63) is 69.8 Å². The average molecular weight is 385 g/mol. The number of carbonyl (C=O) groups excluding carboxylic acids is 2. The van der Waals surface area contributed by atoms with Crippen LogP contribution in [-0.2, 0) is 9.59 Å². The van der Waals surface area contributed by atoms with Crippen LogP contribution in [0.2, 0.25) is 0 Å². The van der Waals surface area contributed by atoms with Gasteiger partial charge in [-0.2, -0.15) is 0 Å². The van der Waals surface area contributed by atoms with Crippen LogP contribution >= 0.6 is 0 Å². The van der Waals surface area contributed by atoms with Crippen LogP contribution in [0.1, 0.15) is 29.9 Å². The van der Waals surface area contributed by atoms with Gasteiger partial charge in [-0.3, -0.25) is 19.7 Å². The SMILES string of the molecule is Cc1ccc(NC(=O)C(=O)NCCC(CCO)c2ccccc2)c([N+](=O)[O-])c1. The largest absolute Gasteiger partial charge is 0.396 e. The lowest BCUT2D eigenvalue weighted by Gasteiger charge is -2.16. The molecule has 2 aromatic rings. The number of hydrogen-bond donors (Lipinski definition) is 3. The summed E-state index contributed by atoms with van der Waals surface area (Å²) in [5, 5.41) is 25.1. The number of aliphatic hydroxyl groups is 1. The third-order valence-corrected chi connectivity index (χ3v) is 4.33. The molecule has 0 spiro atoms. The van der Waals surface area contributed by atoms with E-state index in [1.807, 2.05) is 30.3 Å². The number of nitrogens with zero attached hydrogens (tertiary/aromatic N) is 1. The molecule has 0 aliphatic rings. The summed E-state index contributed by atoms with van der Waals surface area (Å²) in [4.78, 5) is 34.6. The first-order valence-electron chi connectivity index (χ1n) is 8.92. The number of nitrogens with one attached hydrogen (secondary N) is 2. The molecule has 0 bridgehead atoms. The van der Waals surface area contributed by atoms with Gasteiger partial charge >= 0.3 is 11.8 Å². The lowest BCUT2D eigenvalue weighted by atomic mass is 9.93. The lowest BCUT2D eigenvalue weighted by Crippen LogP contribution is -2.36. The molecule has 0 aromatic heterocycles. The first-order chi connectivity index (χ1) is 13.4. The zero-order valence-corrected chi connectivity index (χ0v) is 15.6. The van der Waals surface area contributed by atoms with Gasteiger partial charge in [-0.25, -0.2) is 0 Å². The molecule has 0 saturated heterocycles. The summed E-state index contributed by atoms with van der Waals surface area (Å²) in [6, 6.07) is 13.9. The third kappa shape index (κ3) is 5.88. The molecule has 1 atom stereocenters. The Morgan fingerprint density at radius 2 is 1.82 bits per heavy atom. The Hall–Kier alpha value is -3.26. The monoisotopic (exact) mass is 385 g/mol. The zero-order chi connectivity index (χ0) is 20.5. The zero-order valence-electron chi connectivity index (χ0n) is 15.6. The van der Waals surface area contributed by atoms with Crippen molar-refractivity contribution < 1.29 is 19.6 Å². The van der Waals surface area contributed by atoms with Gasteiger partial charge in [-0.1, -0.05) is 36.4 Å². The molecule has 8 heteroatoms. The normalized spacial score (nSPS) is 11.5. The van der Waals surface area contributed by atoms with Crippen molar-refractivity contribution in [3.63, 3.8) is 0 Å². The minimum atomic E-state index is -0.967. The lowest BCUT2D eigenvalue weighted by molar-refractivity contribution is -0.384. The molecule has 0 aliphatic heterocycles. The molecule has 0 saturated carbocycles. The van der Waals surface area contributed by atoms with E-state index in [2.05, 4.69) is 10.6 Å². The number of hydrogen-bond acceptors (Lipinski definition) is 5. The predicted octanol–water partition coefficient (Wildman–Crippen LogP) is 2.51. The molecule has 2 rings (SSSR count). The van der Waals surface area contributed by atoms with E-state index in [0.29, 0.717) is 18.4 Å². The second-order valence-electron chi connectivity index (χ2n) is 6.40. The molecule has 2 amide bonds. The number of amides is 2. The standard InChI is InChI=1S/C20H23N3O5/c1-14-7-8-17(18(13-14)23(27)28)22-20(26)19(25)21-11-9-16(10-12-24)15-5-3-2-4-6-15/h2-8,13,16,24H,9-12H2,1H3,(H,21,25)(H,22,26). The van der Waals surface area contributed by atoms with Crippen LogP contribution in [0, 0.1) is 17.0 Å². The summed E-state index contributed by atoms with van der Waals surface area (Å²) in [5.74, 6) is -1.79. The van der Waals surface area contributed by atoms with Crippen LogP contribution in [-0.4, -0.2) is 35.0 Å². The average Bonchev–Trinajstić information content (AvgIpc) is 2.69. The van der Waals surface area contributed by atoms with Crippen LogP contribution in [0.4, 0.5) is 11.4 Å². The topological polar surface area (TPSA) is 122 Å². The van der Waals surface area contributed by atoms with Gasteiger partial charge in [0.2, 0.25) is 0 Å². The van der Waals surface area contributed by atoms with Crippen molar-refractivity contribution in [1.29, 1.82) is 0 Å². The van der Waals surface area contributed by atoms with Crippen molar-refractivity contribution in [1.82, 2.24) is 5.32 Å². The van der Waals surface area contributed by atoms with Gasteiger partial charge in [0.05, 0.1) is 4.92 Å². The van der Waals surface area contributed by atoms with E-state index in [1.54, 1.807) is 13.0 Å². The van der Waals surface area contributed by atoms with Crippen molar-refractivity contribution in [2.45, 2.75) is 25.7 Å². The Kier molecular flexibility index (Phi) is 7.65. The first-order valence-corrected chi connectivity index (χ1v) is 8.92. The molecular weight excluding hydrogens is 362 g/mol. The van der Waals surface area contributed by atoms with Crippen molar-refractivity contribution in [2.75, 3.05) is 18.5 Å². The van der Waals surface area contributed by atoms with Gasteiger partial charge in [0, 0.05) is 19.2 Å². The Morgan fingerprint density at radius 3 is 2.46 bits per heavy atom. The summed E-state index contributed by atoms with van der Waals surface area (Å²) < 4.78 is 0. The molecule has 0 aliphatic carbocycles. The van der Waals surface area contributed by atoms with Gasteiger partial charge in [0.1, 0.15) is 5.69 Å². The second kappa shape index (κ2) is 10.2. The molecule has 0 fully saturated rings. The third-order valence-electron chi connectivity index (χ3n) is 4.33. The summed E-state index contributed by atoms with van der Waals surface area (Å²) >= 11 is 0. The van der Waals surface area contributed by atoms with Crippen LogP contribution in [0.15, 0.2) is 48.5 Å². The number of aliphatic hydroxyl groups excluding tert-OH is 1. The van der Waals surface area contributed by atoms with Crippen LogP contribution < -0.4 is 10.6 Å². The summed E-state index contributed by atoms with van der Waals surface area (Å²) in [6.45, 7) is 1.95. The minimum absolute atomic E-state index is 0.0189. The van der Waals surface area contributed by atoms with E-state index in [1.165, 1.54) is 12.1 Å². The Bertz CT molecular complexity index is 839. The number of benzene rings is 2. The van der Waals surface area contributed by atoms with E-state index >= 15 is 0 Å². The smallest absolute Gasteiger partial charge is 0.313 e. The van der Waals surface area contributed by atoms with Crippen LogP contribution in [0.5, 0.6) is 0 Å². The maximum atomic E-state index is 12.1. The van der Waals surface area contributed by atoms with E-state index in [0.717, 1.165) is 5.56 Å². The molecule has 1 unspecified atom stereocenters. The number of rotatable bonds is 8.